The number of hydrogen-bond donors (Lipinski definition) is 0. The van der Waals surface area contributed by atoms with E-state index in [-0.39, 0.29) is 0 Å². The van der Waals surface area contributed by atoms with Gasteiger partial charge in [0.2, 0.25) is 0 Å². The second-order valence-electron chi connectivity index (χ2n) is 3.64. The molecule has 1 nitrogen and oxygen atoms in total. The molecule has 0 atom stereocenters. The average Bonchev–Trinajstić information content (AvgIpc) is 2.46. The summed E-state index contributed by atoms with van der Waals surface area (Å²) in [6, 6.07) is 20.6. The fourth-order valence-corrected chi connectivity index (χ4v) is 3.17. The van der Waals surface area contributed by atoms with Crippen molar-refractivity contribution < 1.29 is 4.52 Å². The Balaban J connectivity index is 2.29. The van der Waals surface area contributed by atoms with Crippen molar-refractivity contribution in [3.8, 4) is 0 Å². The summed E-state index contributed by atoms with van der Waals surface area (Å²) in [6.07, 6.45) is 5.23. The SMILES string of the molecule is C=CC=COP(c1ccccc1)c1ccccc1. The van der Waals surface area contributed by atoms with Gasteiger partial charge in [-0.3, -0.25) is 0 Å². The quantitative estimate of drug-likeness (QED) is 0.448. The lowest BCUT2D eigenvalue weighted by Gasteiger charge is -2.16. The van der Waals surface area contributed by atoms with Gasteiger partial charge in [-0.05, 0) is 6.08 Å². The molecule has 0 heterocycles. The van der Waals surface area contributed by atoms with E-state index in [0.717, 1.165) is 0 Å². The maximum atomic E-state index is 5.87. The Kier molecular flexibility index (Phi) is 4.75. The fraction of sp³-hybridized carbons (Fsp3) is 0. The molecule has 0 saturated heterocycles. The van der Waals surface area contributed by atoms with Crippen LogP contribution in [-0.4, -0.2) is 0 Å². The maximum Gasteiger partial charge on any atom is 0.149 e. The molecule has 0 fully saturated rings. The Labute approximate surface area is 109 Å². The van der Waals surface area contributed by atoms with Crippen molar-refractivity contribution in [1.29, 1.82) is 0 Å². The fourth-order valence-electron chi connectivity index (χ4n) is 1.55. The zero-order chi connectivity index (χ0) is 12.6. The van der Waals surface area contributed by atoms with E-state index in [1.54, 1.807) is 18.4 Å². The molecule has 0 aromatic heterocycles. The van der Waals surface area contributed by atoms with Crippen LogP contribution in [0.2, 0.25) is 0 Å². The molecule has 0 saturated carbocycles. The van der Waals surface area contributed by atoms with E-state index in [2.05, 4.69) is 30.8 Å². The van der Waals surface area contributed by atoms with Crippen LogP contribution >= 0.6 is 8.15 Å². The Morgan fingerprint density at radius 3 is 1.78 bits per heavy atom. The molecule has 2 aromatic carbocycles. The number of hydrogen-bond acceptors (Lipinski definition) is 1. The predicted octanol–water partition coefficient (Wildman–Crippen LogP) is 3.75. The molecule has 2 aromatic rings. The normalized spacial score (nSPS) is 10.7. The van der Waals surface area contributed by atoms with E-state index in [0.29, 0.717) is 0 Å². The highest BCUT2D eigenvalue weighted by atomic mass is 31.1. The standard InChI is InChI=1S/C16H15OP/c1-2-3-14-17-18(15-10-6-4-7-11-15)16-12-8-5-9-13-16/h2-14H,1H2. The maximum absolute atomic E-state index is 5.87. The third-order valence-corrected chi connectivity index (χ3v) is 4.23. The molecule has 0 unspecified atom stereocenters. The minimum atomic E-state index is -0.797. The van der Waals surface area contributed by atoms with Crippen molar-refractivity contribution in [2.24, 2.45) is 0 Å². The molecule has 0 aliphatic heterocycles. The molecule has 0 amide bonds. The Hall–Kier alpha value is -1.85. The highest BCUT2D eigenvalue weighted by Crippen LogP contribution is 2.34. The van der Waals surface area contributed by atoms with E-state index in [1.807, 2.05) is 36.4 Å². The molecule has 0 spiro atoms. The number of allylic oxidation sites excluding steroid dienone is 2. The number of rotatable bonds is 5. The van der Waals surface area contributed by atoms with Gasteiger partial charge in [0.1, 0.15) is 8.15 Å². The summed E-state index contributed by atoms with van der Waals surface area (Å²) in [5.41, 5.74) is 0. The van der Waals surface area contributed by atoms with Crippen LogP contribution in [-0.2, 0) is 4.52 Å². The van der Waals surface area contributed by atoms with Crippen molar-refractivity contribution in [1.82, 2.24) is 0 Å². The smallest absolute Gasteiger partial charge is 0.149 e. The molecule has 2 rings (SSSR count). The molecule has 0 bridgehead atoms. The van der Waals surface area contributed by atoms with Gasteiger partial charge in [-0.25, -0.2) is 0 Å². The molecule has 0 radical (unpaired) electrons. The highest BCUT2D eigenvalue weighted by Gasteiger charge is 2.13. The third kappa shape index (κ3) is 3.32. The third-order valence-electron chi connectivity index (χ3n) is 2.36. The second kappa shape index (κ2) is 6.78. The Morgan fingerprint density at radius 2 is 1.33 bits per heavy atom. The van der Waals surface area contributed by atoms with Gasteiger partial charge in [-0.2, -0.15) is 0 Å². The van der Waals surface area contributed by atoms with Gasteiger partial charge in [0, 0.05) is 10.6 Å². The van der Waals surface area contributed by atoms with E-state index < -0.39 is 8.15 Å². The van der Waals surface area contributed by atoms with Gasteiger partial charge < -0.3 is 4.52 Å². The minimum absolute atomic E-state index is 0.797. The number of benzene rings is 2. The summed E-state index contributed by atoms with van der Waals surface area (Å²) in [7, 11) is -0.797. The van der Waals surface area contributed by atoms with Crippen molar-refractivity contribution in [2.45, 2.75) is 0 Å². The lowest BCUT2D eigenvalue weighted by Crippen LogP contribution is -2.11. The van der Waals surface area contributed by atoms with E-state index in [9.17, 15) is 0 Å². The zero-order valence-electron chi connectivity index (χ0n) is 10.1. The van der Waals surface area contributed by atoms with E-state index >= 15 is 0 Å². The first-order valence-electron chi connectivity index (χ1n) is 5.76. The topological polar surface area (TPSA) is 9.23 Å². The van der Waals surface area contributed by atoms with Crippen LogP contribution in [0.4, 0.5) is 0 Å². The molecule has 2 heteroatoms. The van der Waals surface area contributed by atoms with Crippen molar-refractivity contribution >= 4 is 18.8 Å². The van der Waals surface area contributed by atoms with Crippen LogP contribution in [0.15, 0.2) is 85.7 Å². The lowest BCUT2D eigenvalue weighted by molar-refractivity contribution is 0.549. The van der Waals surface area contributed by atoms with Crippen LogP contribution in [0.25, 0.3) is 0 Å². The minimum Gasteiger partial charge on any atom is -0.472 e. The molecule has 0 N–H and O–H groups in total. The van der Waals surface area contributed by atoms with Crippen LogP contribution < -0.4 is 10.6 Å². The largest absolute Gasteiger partial charge is 0.472 e. The monoisotopic (exact) mass is 254 g/mol. The molecule has 90 valence electrons. The molecule has 18 heavy (non-hydrogen) atoms. The highest BCUT2D eigenvalue weighted by molar-refractivity contribution is 7.68. The summed E-state index contributed by atoms with van der Waals surface area (Å²) < 4.78 is 5.87. The second-order valence-corrected chi connectivity index (χ2v) is 5.47. The van der Waals surface area contributed by atoms with Gasteiger partial charge in [-0.1, -0.05) is 73.3 Å². The molecule has 0 aliphatic rings. The van der Waals surface area contributed by atoms with E-state index in [4.69, 9.17) is 4.52 Å². The summed E-state index contributed by atoms with van der Waals surface area (Å²) in [6.45, 7) is 3.64. The van der Waals surface area contributed by atoms with Crippen molar-refractivity contribution in [3.05, 3.63) is 85.7 Å². The van der Waals surface area contributed by atoms with Gasteiger partial charge in [0.15, 0.2) is 0 Å². The van der Waals surface area contributed by atoms with Crippen molar-refractivity contribution in [2.75, 3.05) is 0 Å². The van der Waals surface area contributed by atoms with Crippen LogP contribution in [0.5, 0.6) is 0 Å². The Morgan fingerprint density at radius 1 is 0.833 bits per heavy atom. The van der Waals surface area contributed by atoms with Gasteiger partial charge >= 0.3 is 0 Å². The summed E-state index contributed by atoms with van der Waals surface area (Å²) >= 11 is 0. The summed E-state index contributed by atoms with van der Waals surface area (Å²) in [4.78, 5) is 0. The lowest BCUT2D eigenvalue weighted by atomic mass is 10.4. The first-order chi connectivity index (χ1) is 8.92. The predicted molar refractivity (Wildman–Crippen MR) is 79.5 cm³/mol. The Bertz CT molecular complexity index is 466. The van der Waals surface area contributed by atoms with Crippen LogP contribution in [0.1, 0.15) is 0 Å². The van der Waals surface area contributed by atoms with Crippen molar-refractivity contribution in [3.63, 3.8) is 0 Å². The zero-order valence-corrected chi connectivity index (χ0v) is 11.0. The first-order valence-corrected chi connectivity index (χ1v) is 7.02. The molecule has 0 aliphatic carbocycles. The molecular formula is C16H15OP. The van der Waals surface area contributed by atoms with Crippen LogP contribution in [0.3, 0.4) is 0 Å². The van der Waals surface area contributed by atoms with Crippen LogP contribution in [0, 0.1) is 0 Å². The first kappa shape index (κ1) is 12.6. The van der Waals surface area contributed by atoms with Gasteiger partial charge in [0.05, 0.1) is 6.26 Å². The average molecular weight is 254 g/mol. The van der Waals surface area contributed by atoms with Gasteiger partial charge in [0.25, 0.3) is 0 Å². The molecular weight excluding hydrogens is 239 g/mol. The summed E-state index contributed by atoms with van der Waals surface area (Å²) in [5, 5.41) is 2.40. The van der Waals surface area contributed by atoms with Gasteiger partial charge in [-0.15, -0.1) is 0 Å². The summed E-state index contributed by atoms with van der Waals surface area (Å²) in [5.74, 6) is 0. The van der Waals surface area contributed by atoms with E-state index in [1.165, 1.54) is 10.6 Å².